The lowest BCUT2D eigenvalue weighted by atomic mass is 9.99. The van der Waals surface area contributed by atoms with E-state index in [-0.39, 0.29) is 17.5 Å². The van der Waals surface area contributed by atoms with Crippen molar-refractivity contribution in [2.24, 2.45) is 5.92 Å². The van der Waals surface area contributed by atoms with E-state index in [2.05, 4.69) is 50.1 Å². The van der Waals surface area contributed by atoms with Crippen LogP contribution in [0.1, 0.15) is 63.5 Å². The molecule has 0 bridgehead atoms. The SMILES string of the molecule is CC(C)C[C@@H](c1nnnn1C(C)(C)C)[NH+]1CCN(C(=O)c2ccco2)CC1. The van der Waals surface area contributed by atoms with E-state index in [0.717, 1.165) is 25.3 Å². The average molecular weight is 375 g/mol. The molecule has 1 aliphatic rings. The lowest BCUT2D eigenvalue weighted by Crippen LogP contribution is -3.15. The Bertz CT molecular complexity index is 739. The van der Waals surface area contributed by atoms with Gasteiger partial charge in [0.2, 0.25) is 5.82 Å². The molecule has 1 atom stereocenters. The zero-order valence-corrected chi connectivity index (χ0v) is 17.0. The molecule has 8 heteroatoms. The van der Waals surface area contributed by atoms with E-state index >= 15 is 0 Å². The molecule has 0 radical (unpaired) electrons. The van der Waals surface area contributed by atoms with E-state index in [0.29, 0.717) is 24.8 Å². The molecule has 0 aromatic carbocycles. The van der Waals surface area contributed by atoms with Crippen molar-refractivity contribution in [2.45, 2.75) is 52.6 Å². The minimum absolute atomic E-state index is 0.0287. The Labute approximate surface area is 160 Å². The van der Waals surface area contributed by atoms with E-state index in [4.69, 9.17) is 4.42 Å². The molecule has 0 unspecified atom stereocenters. The second-order valence-corrected chi connectivity index (χ2v) is 8.73. The molecule has 0 spiro atoms. The summed E-state index contributed by atoms with van der Waals surface area (Å²) in [5, 5.41) is 12.6. The number of nitrogens with zero attached hydrogens (tertiary/aromatic N) is 5. The zero-order chi connectivity index (χ0) is 19.6. The average Bonchev–Trinajstić information content (AvgIpc) is 3.30. The van der Waals surface area contributed by atoms with Gasteiger partial charge in [0, 0.05) is 6.42 Å². The molecule has 1 fully saturated rings. The number of aromatic nitrogens is 4. The smallest absolute Gasteiger partial charge is 0.289 e. The molecular weight excluding hydrogens is 344 g/mol. The summed E-state index contributed by atoms with van der Waals surface area (Å²) in [6.45, 7) is 14.0. The van der Waals surface area contributed by atoms with Crippen molar-refractivity contribution in [2.75, 3.05) is 26.2 Å². The highest BCUT2D eigenvalue weighted by Crippen LogP contribution is 2.22. The van der Waals surface area contributed by atoms with Gasteiger partial charge in [-0.3, -0.25) is 4.79 Å². The normalized spacial score (nSPS) is 17.5. The number of piperazine rings is 1. The van der Waals surface area contributed by atoms with Crippen LogP contribution in [0.2, 0.25) is 0 Å². The molecule has 3 heterocycles. The van der Waals surface area contributed by atoms with E-state index in [9.17, 15) is 4.79 Å². The van der Waals surface area contributed by atoms with Crippen LogP contribution in [0.25, 0.3) is 0 Å². The molecule has 1 aliphatic heterocycles. The number of rotatable bonds is 5. The van der Waals surface area contributed by atoms with Crippen LogP contribution in [0.15, 0.2) is 22.8 Å². The van der Waals surface area contributed by atoms with Crippen LogP contribution in [0, 0.1) is 5.92 Å². The number of hydrogen-bond donors (Lipinski definition) is 1. The summed E-state index contributed by atoms with van der Waals surface area (Å²) in [4.78, 5) is 15.8. The molecule has 8 nitrogen and oxygen atoms in total. The quantitative estimate of drug-likeness (QED) is 0.848. The van der Waals surface area contributed by atoms with Crippen molar-refractivity contribution >= 4 is 5.91 Å². The highest BCUT2D eigenvalue weighted by atomic mass is 16.3. The Morgan fingerprint density at radius 3 is 2.56 bits per heavy atom. The van der Waals surface area contributed by atoms with E-state index < -0.39 is 0 Å². The number of nitrogens with one attached hydrogen (secondary N) is 1. The number of hydrogen-bond acceptors (Lipinski definition) is 5. The topological polar surface area (TPSA) is 81.5 Å². The third-order valence-electron chi connectivity index (χ3n) is 5.07. The minimum Gasteiger partial charge on any atom is -0.459 e. The Hall–Kier alpha value is -2.22. The van der Waals surface area contributed by atoms with Crippen LogP contribution >= 0.6 is 0 Å². The molecule has 0 aliphatic carbocycles. The predicted octanol–water partition coefficient (Wildman–Crippen LogP) is 1.15. The van der Waals surface area contributed by atoms with Gasteiger partial charge < -0.3 is 14.2 Å². The van der Waals surface area contributed by atoms with Crippen molar-refractivity contribution in [3.8, 4) is 0 Å². The Morgan fingerprint density at radius 1 is 1.30 bits per heavy atom. The van der Waals surface area contributed by atoms with Crippen molar-refractivity contribution < 1.29 is 14.1 Å². The number of carbonyl (C=O) groups excluding carboxylic acids is 1. The molecular formula is C19H31N6O2+. The largest absolute Gasteiger partial charge is 0.459 e. The van der Waals surface area contributed by atoms with Gasteiger partial charge in [0.1, 0.15) is 0 Å². The van der Waals surface area contributed by atoms with Crippen LogP contribution in [0.5, 0.6) is 0 Å². The molecule has 27 heavy (non-hydrogen) atoms. The van der Waals surface area contributed by atoms with Gasteiger partial charge in [-0.15, -0.1) is 5.10 Å². The number of carbonyl (C=O) groups is 1. The van der Waals surface area contributed by atoms with Crippen molar-refractivity contribution in [1.82, 2.24) is 25.1 Å². The summed E-state index contributed by atoms with van der Waals surface area (Å²) >= 11 is 0. The fraction of sp³-hybridized carbons (Fsp3) is 0.684. The molecule has 1 saturated heterocycles. The number of quaternary nitrogens is 1. The van der Waals surface area contributed by atoms with Gasteiger partial charge in [0.05, 0.1) is 38.0 Å². The molecule has 1 amide bonds. The van der Waals surface area contributed by atoms with E-state index in [1.165, 1.54) is 4.90 Å². The first-order chi connectivity index (χ1) is 12.8. The first kappa shape index (κ1) is 19.5. The number of amides is 1. The third kappa shape index (κ3) is 4.37. The molecule has 0 saturated carbocycles. The molecule has 2 aromatic rings. The zero-order valence-electron chi connectivity index (χ0n) is 17.0. The van der Waals surface area contributed by atoms with Crippen LogP contribution in [0.4, 0.5) is 0 Å². The predicted molar refractivity (Wildman–Crippen MR) is 100 cm³/mol. The summed E-state index contributed by atoms with van der Waals surface area (Å²) in [6, 6.07) is 3.69. The summed E-state index contributed by atoms with van der Waals surface area (Å²) in [5.41, 5.74) is -0.162. The van der Waals surface area contributed by atoms with Gasteiger partial charge in [0.15, 0.2) is 11.8 Å². The van der Waals surface area contributed by atoms with Crippen LogP contribution in [0.3, 0.4) is 0 Å². The third-order valence-corrected chi connectivity index (χ3v) is 5.07. The van der Waals surface area contributed by atoms with Crippen molar-refractivity contribution in [3.05, 3.63) is 30.0 Å². The Kier molecular flexibility index (Phi) is 5.64. The maximum absolute atomic E-state index is 12.5. The monoisotopic (exact) mass is 375 g/mol. The minimum atomic E-state index is -0.162. The van der Waals surface area contributed by atoms with Crippen LogP contribution < -0.4 is 4.90 Å². The van der Waals surface area contributed by atoms with Gasteiger partial charge >= 0.3 is 0 Å². The van der Waals surface area contributed by atoms with Crippen LogP contribution in [-0.4, -0.2) is 57.2 Å². The number of furan rings is 1. The fourth-order valence-electron chi connectivity index (χ4n) is 3.72. The molecule has 1 N–H and O–H groups in total. The molecule has 148 valence electrons. The summed E-state index contributed by atoms with van der Waals surface area (Å²) < 4.78 is 7.21. The van der Waals surface area contributed by atoms with Gasteiger partial charge in [0.25, 0.3) is 5.91 Å². The first-order valence-electron chi connectivity index (χ1n) is 9.73. The summed E-state index contributed by atoms with van der Waals surface area (Å²) in [7, 11) is 0. The first-order valence-corrected chi connectivity index (χ1v) is 9.73. The lowest BCUT2D eigenvalue weighted by molar-refractivity contribution is -0.937. The maximum atomic E-state index is 12.5. The van der Waals surface area contributed by atoms with Crippen molar-refractivity contribution in [1.29, 1.82) is 0 Å². The molecule has 2 aromatic heterocycles. The van der Waals surface area contributed by atoms with Gasteiger partial charge in [-0.25, -0.2) is 4.68 Å². The second-order valence-electron chi connectivity index (χ2n) is 8.73. The summed E-state index contributed by atoms with van der Waals surface area (Å²) in [6.07, 6.45) is 2.55. The van der Waals surface area contributed by atoms with Crippen molar-refractivity contribution in [3.63, 3.8) is 0 Å². The van der Waals surface area contributed by atoms with Gasteiger partial charge in [-0.2, -0.15) is 0 Å². The Morgan fingerprint density at radius 2 is 2.00 bits per heavy atom. The van der Waals surface area contributed by atoms with E-state index in [1.54, 1.807) is 18.4 Å². The fourth-order valence-corrected chi connectivity index (χ4v) is 3.72. The number of tetrazole rings is 1. The van der Waals surface area contributed by atoms with Crippen LogP contribution in [-0.2, 0) is 5.54 Å². The highest BCUT2D eigenvalue weighted by molar-refractivity contribution is 5.91. The maximum Gasteiger partial charge on any atom is 0.289 e. The second kappa shape index (κ2) is 7.80. The van der Waals surface area contributed by atoms with Gasteiger partial charge in [-0.05, 0) is 49.2 Å². The highest BCUT2D eigenvalue weighted by Gasteiger charge is 2.36. The van der Waals surface area contributed by atoms with E-state index in [1.807, 2.05) is 9.58 Å². The van der Waals surface area contributed by atoms with Gasteiger partial charge in [-0.1, -0.05) is 13.8 Å². The Balaban J connectivity index is 1.74. The summed E-state index contributed by atoms with van der Waals surface area (Å²) in [5.74, 6) is 1.86. The standard InChI is InChI=1S/C19H30N6O2/c1-14(2)13-15(17-20-21-22-25(17)19(3,4)5)23-8-10-24(11-9-23)18(26)16-7-6-12-27-16/h6-7,12,14-15H,8-11,13H2,1-5H3/p+1/t15-/m0/s1. The molecule has 3 rings (SSSR count). The lowest BCUT2D eigenvalue weighted by Gasteiger charge is -2.37.